The molecule has 2 rings (SSSR count). The van der Waals surface area contributed by atoms with Crippen molar-refractivity contribution in [2.24, 2.45) is 5.92 Å². The molecule has 20 heavy (non-hydrogen) atoms. The molecular formula is C16H27NO3. The molecule has 0 aromatic carbocycles. The van der Waals surface area contributed by atoms with Crippen LogP contribution in [0.1, 0.15) is 44.3 Å². The van der Waals surface area contributed by atoms with Crippen molar-refractivity contribution in [1.29, 1.82) is 0 Å². The van der Waals surface area contributed by atoms with Crippen LogP contribution in [0.4, 0.5) is 0 Å². The molecule has 1 aliphatic heterocycles. The molecule has 0 spiro atoms. The van der Waals surface area contributed by atoms with E-state index in [0.29, 0.717) is 25.7 Å². The molecule has 4 heteroatoms. The lowest BCUT2D eigenvalue weighted by Crippen LogP contribution is -2.42. The maximum absolute atomic E-state index is 10.1. The number of furan rings is 1. The van der Waals surface area contributed by atoms with Crippen LogP contribution in [0.5, 0.6) is 0 Å². The Morgan fingerprint density at radius 1 is 1.50 bits per heavy atom. The van der Waals surface area contributed by atoms with E-state index in [1.165, 1.54) is 6.42 Å². The lowest BCUT2D eigenvalue weighted by Gasteiger charge is -2.38. The molecule has 1 aromatic heterocycles. The highest BCUT2D eigenvalue weighted by atomic mass is 16.5. The van der Waals surface area contributed by atoms with Gasteiger partial charge in [-0.2, -0.15) is 0 Å². The summed E-state index contributed by atoms with van der Waals surface area (Å²) in [6, 6.07) is 4.37. The van der Waals surface area contributed by atoms with Gasteiger partial charge in [-0.1, -0.05) is 6.92 Å². The summed E-state index contributed by atoms with van der Waals surface area (Å²) in [6.07, 6.45) is 1.84. The van der Waals surface area contributed by atoms with Crippen LogP contribution in [0, 0.1) is 12.8 Å². The molecule has 0 unspecified atom stereocenters. The van der Waals surface area contributed by atoms with Gasteiger partial charge in [-0.25, -0.2) is 0 Å². The predicted molar refractivity (Wildman–Crippen MR) is 78.7 cm³/mol. The average Bonchev–Trinajstić information content (AvgIpc) is 2.85. The number of β-amino-alcohol motifs (C(OH)–C–C–N with tert-alkyl or cyclic N) is 1. The first-order valence-electron chi connectivity index (χ1n) is 7.66. The Labute approximate surface area is 121 Å². The fraction of sp³-hybridized carbons (Fsp3) is 0.750. The number of hydrogen-bond donors (Lipinski definition) is 1. The first kappa shape index (κ1) is 15.5. The second-order valence-electron chi connectivity index (χ2n) is 5.90. The Kier molecular flexibility index (Phi) is 5.64. The Bertz CT molecular complexity index is 404. The zero-order valence-corrected chi connectivity index (χ0v) is 12.8. The fourth-order valence-corrected chi connectivity index (χ4v) is 2.91. The van der Waals surface area contributed by atoms with Gasteiger partial charge in [0.1, 0.15) is 11.5 Å². The molecule has 0 radical (unpaired) electrons. The summed E-state index contributed by atoms with van der Waals surface area (Å²) in [4.78, 5) is 2.34. The minimum Gasteiger partial charge on any atom is -0.465 e. The molecule has 1 fully saturated rings. The van der Waals surface area contributed by atoms with Crippen molar-refractivity contribution in [2.45, 2.75) is 45.8 Å². The van der Waals surface area contributed by atoms with Crippen LogP contribution in [0.2, 0.25) is 0 Å². The summed E-state index contributed by atoms with van der Waals surface area (Å²) in [5, 5.41) is 10.1. The molecule has 3 atom stereocenters. The van der Waals surface area contributed by atoms with Gasteiger partial charge < -0.3 is 14.3 Å². The van der Waals surface area contributed by atoms with E-state index in [-0.39, 0.29) is 6.04 Å². The van der Waals surface area contributed by atoms with E-state index in [0.717, 1.165) is 24.5 Å². The Morgan fingerprint density at radius 2 is 2.30 bits per heavy atom. The van der Waals surface area contributed by atoms with Gasteiger partial charge in [-0.15, -0.1) is 0 Å². The summed E-state index contributed by atoms with van der Waals surface area (Å²) < 4.78 is 11.1. The SMILES string of the molecule is CCOC[C@H](O)CN1CC[C@@H](C)C[C@H]1c1ccc(C)o1. The molecule has 0 bridgehead atoms. The Balaban J connectivity index is 2.00. The maximum Gasteiger partial charge on any atom is 0.121 e. The van der Waals surface area contributed by atoms with Crippen molar-refractivity contribution in [1.82, 2.24) is 4.90 Å². The zero-order valence-electron chi connectivity index (χ0n) is 12.8. The topological polar surface area (TPSA) is 45.8 Å². The van der Waals surface area contributed by atoms with Gasteiger partial charge in [0.25, 0.3) is 0 Å². The summed E-state index contributed by atoms with van der Waals surface area (Å²) in [5.74, 6) is 2.68. The van der Waals surface area contributed by atoms with E-state index in [1.54, 1.807) is 0 Å². The van der Waals surface area contributed by atoms with Crippen molar-refractivity contribution in [3.05, 3.63) is 23.7 Å². The van der Waals surface area contributed by atoms with Gasteiger partial charge in [0.05, 0.1) is 18.8 Å². The first-order valence-corrected chi connectivity index (χ1v) is 7.66. The quantitative estimate of drug-likeness (QED) is 0.871. The van der Waals surface area contributed by atoms with Crippen LogP contribution in [0.25, 0.3) is 0 Å². The number of hydrogen-bond acceptors (Lipinski definition) is 4. The molecule has 114 valence electrons. The number of likely N-dealkylation sites (tertiary alicyclic amines) is 1. The van der Waals surface area contributed by atoms with E-state index in [2.05, 4.69) is 17.9 Å². The molecule has 2 heterocycles. The number of piperidine rings is 1. The van der Waals surface area contributed by atoms with E-state index < -0.39 is 6.10 Å². The minimum absolute atomic E-state index is 0.281. The van der Waals surface area contributed by atoms with Gasteiger partial charge >= 0.3 is 0 Å². The summed E-state index contributed by atoms with van der Waals surface area (Å²) >= 11 is 0. The number of aliphatic hydroxyl groups is 1. The third-order valence-corrected chi connectivity index (χ3v) is 4.02. The number of nitrogens with zero attached hydrogens (tertiary/aromatic N) is 1. The van der Waals surface area contributed by atoms with Crippen LogP contribution >= 0.6 is 0 Å². The number of aryl methyl sites for hydroxylation is 1. The van der Waals surface area contributed by atoms with Crippen molar-refractivity contribution >= 4 is 0 Å². The second-order valence-corrected chi connectivity index (χ2v) is 5.90. The van der Waals surface area contributed by atoms with Crippen molar-refractivity contribution in [3.63, 3.8) is 0 Å². The van der Waals surface area contributed by atoms with Gasteiger partial charge in [0.2, 0.25) is 0 Å². The normalized spacial score (nSPS) is 25.8. The van der Waals surface area contributed by atoms with E-state index in [1.807, 2.05) is 19.9 Å². The number of rotatable bonds is 6. The van der Waals surface area contributed by atoms with E-state index >= 15 is 0 Å². The first-order chi connectivity index (χ1) is 9.60. The van der Waals surface area contributed by atoms with Crippen LogP contribution < -0.4 is 0 Å². The Hall–Kier alpha value is -0.840. The fourth-order valence-electron chi connectivity index (χ4n) is 2.91. The van der Waals surface area contributed by atoms with Crippen LogP contribution in [-0.2, 0) is 4.74 Å². The lowest BCUT2D eigenvalue weighted by molar-refractivity contribution is -0.00326. The monoisotopic (exact) mass is 281 g/mol. The zero-order chi connectivity index (χ0) is 14.5. The highest BCUT2D eigenvalue weighted by Crippen LogP contribution is 2.34. The molecule has 0 amide bonds. The Morgan fingerprint density at radius 3 is 2.95 bits per heavy atom. The van der Waals surface area contributed by atoms with Crippen LogP contribution in [0.3, 0.4) is 0 Å². The summed E-state index contributed by atoms with van der Waals surface area (Å²) in [7, 11) is 0. The van der Waals surface area contributed by atoms with Gasteiger partial charge in [-0.05, 0) is 51.3 Å². The van der Waals surface area contributed by atoms with E-state index in [9.17, 15) is 5.11 Å². The molecular weight excluding hydrogens is 254 g/mol. The number of aliphatic hydroxyl groups excluding tert-OH is 1. The highest BCUT2D eigenvalue weighted by Gasteiger charge is 2.30. The van der Waals surface area contributed by atoms with Crippen LogP contribution in [-0.4, -0.2) is 42.4 Å². The average molecular weight is 281 g/mol. The standard InChI is InChI=1S/C16H27NO3/c1-4-19-11-14(18)10-17-8-7-12(2)9-15(17)16-6-5-13(3)20-16/h5-6,12,14-15,18H,4,7-11H2,1-3H3/t12-,14-,15+/m1/s1. The smallest absolute Gasteiger partial charge is 0.121 e. The molecule has 1 saturated heterocycles. The highest BCUT2D eigenvalue weighted by molar-refractivity contribution is 5.11. The molecule has 0 aliphatic carbocycles. The minimum atomic E-state index is -0.429. The van der Waals surface area contributed by atoms with Crippen molar-refractivity contribution in [2.75, 3.05) is 26.3 Å². The number of ether oxygens (including phenoxy) is 1. The lowest BCUT2D eigenvalue weighted by atomic mass is 9.91. The van der Waals surface area contributed by atoms with Gasteiger partial charge in [0.15, 0.2) is 0 Å². The predicted octanol–water partition coefficient (Wildman–Crippen LogP) is 2.76. The molecule has 1 aliphatic rings. The van der Waals surface area contributed by atoms with Crippen molar-refractivity contribution in [3.8, 4) is 0 Å². The maximum atomic E-state index is 10.1. The third-order valence-electron chi connectivity index (χ3n) is 4.02. The molecule has 1 N–H and O–H groups in total. The second kappa shape index (κ2) is 7.25. The van der Waals surface area contributed by atoms with Gasteiger partial charge in [0, 0.05) is 13.2 Å². The van der Waals surface area contributed by atoms with Crippen LogP contribution in [0.15, 0.2) is 16.5 Å². The molecule has 1 aromatic rings. The summed E-state index contributed by atoms with van der Waals surface area (Å²) in [6.45, 7) is 8.93. The largest absolute Gasteiger partial charge is 0.465 e. The van der Waals surface area contributed by atoms with Gasteiger partial charge in [-0.3, -0.25) is 4.90 Å². The third kappa shape index (κ3) is 4.08. The molecule has 4 nitrogen and oxygen atoms in total. The summed E-state index contributed by atoms with van der Waals surface area (Å²) in [5.41, 5.74) is 0. The molecule has 0 saturated carbocycles. The van der Waals surface area contributed by atoms with E-state index in [4.69, 9.17) is 9.15 Å². The van der Waals surface area contributed by atoms with Crippen molar-refractivity contribution < 1.29 is 14.3 Å².